The maximum Gasteiger partial charge on any atom is 0.317 e. The van der Waals surface area contributed by atoms with Crippen molar-refractivity contribution in [3.05, 3.63) is 35.4 Å². The van der Waals surface area contributed by atoms with Gasteiger partial charge in [-0.15, -0.1) is 0 Å². The maximum atomic E-state index is 13.5. The van der Waals surface area contributed by atoms with Gasteiger partial charge in [0.2, 0.25) is 10.0 Å². The third-order valence-corrected chi connectivity index (χ3v) is 8.93. The van der Waals surface area contributed by atoms with E-state index in [9.17, 15) is 22.0 Å². The van der Waals surface area contributed by atoms with Crippen molar-refractivity contribution in [3.8, 4) is 0 Å². The normalized spacial score (nSPS) is 23.7. The van der Waals surface area contributed by atoms with Gasteiger partial charge in [0.1, 0.15) is 11.6 Å². The van der Waals surface area contributed by atoms with E-state index in [4.69, 9.17) is 0 Å². The molecule has 1 aliphatic carbocycles. The fourth-order valence-electron chi connectivity index (χ4n) is 4.61. The molecule has 2 fully saturated rings. The first-order chi connectivity index (χ1) is 14.6. The molecular weight excluding hydrogens is 424 g/mol. The highest BCUT2D eigenvalue weighted by Gasteiger charge is 2.33. The number of halogens is 2. The van der Waals surface area contributed by atoms with Crippen LogP contribution in [0.5, 0.6) is 0 Å². The van der Waals surface area contributed by atoms with Crippen molar-refractivity contribution >= 4 is 16.1 Å². The summed E-state index contributed by atoms with van der Waals surface area (Å²) >= 11 is 0. The number of nitrogens with zero attached hydrogens (tertiary/aromatic N) is 2. The molecule has 1 saturated heterocycles. The number of benzene rings is 1. The first-order valence-corrected chi connectivity index (χ1v) is 12.6. The lowest BCUT2D eigenvalue weighted by Gasteiger charge is -2.38. The van der Waals surface area contributed by atoms with Crippen molar-refractivity contribution < 1.29 is 22.0 Å². The largest absolute Gasteiger partial charge is 0.335 e. The van der Waals surface area contributed by atoms with Crippen molar-refractivity contribution in [2.45, 2.75) is 75.6 Å². The molecule has 1 N–H and O–H groups in total. The molecule has 1 heterocycles. The summed E-state index contributed by atoms with van der Waals surface area (Å²) in [5, 5.41) is 2.64. The quantitative estimate of drug-likeness (QED) is 0.731. The molecule has 1 aliphatic heterocycles. The third-order valence-electron chi connectivity index (χ3n) is 6.66. The number of amides is 2. The number of rotatable bonds is 5. The van der Waals surface area contributed by atoms with E-state index in [1.165, 1.54) is 16.4 Å². The van der Waals surface area contributed by atoms with Crippen LogP contribution in [0.1, 0.15) is 63.9 Å². The number of piperidine rings is 1. The summed E-state index contributed by atoms with van der Waals surface area (Å²) in [5.74, 6) is -1.01. The maximum absolute atomic E-state index is 13.5. The summed E-state index contributed by atoms with van der Waals surface area (Å²) in [6, 6.07) is 3.56. The fraction of sp³-hybridized carbons (Fsp3) is 0.682. The van der Waals surface area contributed by atoms with E-state index in [2.05, 4.69) is 5.32 Å². The second-order valence-electron chi connectivity index (χ2n) is 9.04. The zero-order valence-electron chi connectivity index (χ0n) is 18.5. The lowest BCUT2D eigenvalue weighted by molar-refractivity contribution is 0.157. The number of carbonyl (C=O) groups excluding carboxylic acids is 1. The van der Waals surface area contributed by atoms with Gasteiger partial charge in [-0.3, -0.25) is 0 Å². The predicted molar refractivity (Wildman–Crippen MR) is 116 cm³/mol. The van der Waals surface area contributed by atoms with Crippen LogP contribution in [0.2, 0.25) is 0 Å². The molecule has 0 bridgehead atoms. The summed E-state index contributed by atoms with van der Waals surface area (Å²) in [6.45, 7) is 4.22. The first-order valence-electron chi connectivity index (χ1n) is 11.1. The Morgan fingerprint density at radius 2 is 1.58 bits per heavy atom. The van der Waals surface area contributed by atoms with Gasteiger partial charge in [0.15, 0.2) is 0 Å². The van der Waals surface area contributed by atoms with Gasteiger partial charge in [-0.25, -0.2) is 26.3 Å². The van der Waals surface area contributed by atoms with Crippen LogP contribution >= 0.6 is 0 Å². The van der Waals surface area contributed by atoms with Crippen molar-refractivity contribution in [2.24, 2.45) is 0 Å². The Morgan fingerprint density at radius 1 is 1.03 bits per heavy atom. The molecule has 0 atom stereocenters. The third kappa shape index (κ3) is 5.74. The summed E-state index contributed by atoms with van der Waals surface area (Å²) in [7, 11) is -1.50. The average Bonchev–Trinajstić information content (AvgIpc) is 2.73. The molecule has 31 heavy (non-hydrogen) atoms. The standard InChI is InChI=1S/C22H33F2N3O3S/c1-15(2)31(29,30)27-10-8-21(9-11-27)26(3)22(28)25-20-6-4-16(5-7-20)17-12-18(23)14-19(24)13-17/h12-16,20-21H,4-11H2,1-3H3,(H,25,28). The number of hydrogen-bond acceptors (Lipinski definition) is 3. The summed E-state index contributed by atoms with van der Waals surface area (Å²) < 4.78 is 53.1. The van der Waals surface area contributed by atoms with Crippen LogP contribution in [0, 0.1) is 11.6 Å². The van der Waals surface area contributed by atoms with E-state index in [1.807, 2.05) is 0 Å². The fourth-order valence-corrected chi connectivity index (χ4v) is 5.92. The van der Waals surface area contributed by atoms with Gasteiger partial charge in [-0.2, -0.15) is 0 Å². The molecule has 9 heteroatoms. The van der Waals surface area contributed by atoms with Crippen LogP contribution in [-0.4, -0.2) is 61.1 Å². The number of carbonyl (C=O) groups is 1. The summed E-state index contributed by atoms with van der Waals surface area (Å²) in [5.41, 5.74) is 0.683. The number of hydrogen-bond donors (Lipinski definition) is 1. The highest BCUT2D eigenvalue weighted by molar-refractivity contribution is 7.89. The van der Waals surface area contributed by atoms with Crippen molar-refractivity contribution in [2.75, 3.05) is 20.1 Å². The van der Waals surface area contributed by atoms with Gasteiger partial charge in [-0.05, 0) is 76.0 Å². The Balaban J connectivity index is 1.47. The SMILES string of the molecule is CC(C)S(=O)(=O)N1CCC(N(C)C(=O)NC2CCC(c3cc(F)cc(F)c3)CC2)CC1. The van der Waals surface area contributed by atoms with E-state index in [1.54, 1.807) is 25.8 Å². The smallest absolute Gasteiger partial charge is 0.317 e. The second-order valence-corrected chi connectivity index (χ2v) is 11.5. The van der Waals surface area contributed by atoms with Gasteiger partial charge >= 0.3 is 6.03 Å². The van der Waals surface area contributed by atoms with Crippen molar-refractivity contribution in [1.29, 1.82) is 0 Å². The van der Waals surface area contributed by atoms with Crippen LogP contribution in [0.25, 0.3) is 0 Å². The van der Waals surface area contributed by atoms with Crippen LogP contribution in [0.4, 0.5) is 13.6 Å². The molecule has 0 spiro atoms. The number of urea groups is 1. The molecule has 174 valence electrons. The van der Waals surface area contributed by atoms with Gasteiger partial charge in [-0.1, -0.05) is 0 Å². The van der Waals surface area contributed by atoms with E-state index in [-0.39, 0.29) is 24.0 Å². The number of nitrogens with one attached hydrogen (secondary N) is 1. The van der Waals surface area contributed by atoms with E-state index < -0.39 is 26.9 Å². The summed E-state index contributed by atoms with van der Waals surface area (Å²) in [6.07, 6.45) is 4.29. The molecule has 0 radical (unpaired) electrons. The van der Waals surface area contributed by atoms with Crippen molar-refractivity contribution in [1.82, 2.24) is 14.5 Å². The van der Waals surface area contributed by atoms with E-state index in [0.29, 0.717) is 31.5 Å². The zero-order chi connectivity index (χ0) is 22.8. The van der Waals surface area contributed by atoms with Gasteiger partial charge in [0, 0.05) is 38.3 Å². The molecule has 0 aromatic heterocycles. The topological polar surface area (TPSA) is 69.7 Å². The van der Waals surface area contributed by atoms with Gasteiger partial charge in [0.05, 0.1) is 5.25 Å². The first kappa shape index (κ1) is 23.9. The van der Waals surface area contributed by atoms with Crippen molar-refractivity contribution in [3.63, 3.8) is 0 Å². The minimum atomic E-state index is -3.26. The average molecular weight is 458 g/mol. The Kier molecular flexibility index (Phi) is 7.57. The molecule has 2 aliphatic rings. The van der Waals surface area contributed by atoms with Crippen LogP contribution in [0.3, 0.4) is 0 Å². The predicted octanol–water partition coefficient (Wildman–Crippen LogP) is 3.84. The molecule has 1 aromatic carbocycles. The number of sulfonamides is 1. The van der Waals surface area contributed by atoms with Gasteiger partial charge in [0.25, 0.3) is 0 Å². The Hall–Kier alpha value is -1.74. The van der Waals surface area contributed by atoms with E-state index >= 15 is 0 Å². The molecule has 1 saturated carbocycles. The molecule has 2 amide bonds. The Bertz CT molecular complexity index is 858. The minimum absolute atomic E-state index is 0.00483. The minimum Gasteiger partial charge on any atom is -0.335 e. The highest BCUT2D eigenvalue weighted by Crippen LogP contribution is 2.33. The lowest BCUT2D eigenvalue weighted by atomic mass is 9.81. The molecule has 6 nitrogen and oxygen atoms in total. The molecular formula is C22H33F2N3O3S. The monoisotopic (exact) mass is 457 g/mol. The van der Waals surface area contributed by atoms with Crippen LogP contribution in [-0.2, 0) is 10.0 Å². The molecule has 0 unspecified atom stereocenters. The van der Waals surface area contributed by atoms with Crippen LogP contribution in [0.15, 0.2) is 18.2 Å². The molecule has 1 aromatic rings. The van der Waals surface area contributed by atoms with Crippen LogP contribution < -0.4 is 5.32 Å². The lowest BCUT2D eigenvalue weighted by Crippen LogP contribution is -2.52. The zero-order valence-corrected chi connectivity index (χ0v) is 19.3. The Labute approximate surface area is 184 Å². The van der Waals surface area contributed by atoms with E-state index in [0.717, 1.165) is 31.7 Å². The molecule has 3 rings (SSSR count). The Morgan fingerprint density at radius 3 is 2.10 bits per heavy atom. The highest BCUT2D eigenvalue weighted by atomic mass is 32.2. The van der Waals surface area contributed by atoms with Gasteiger partial charge < -0.3 is 10.2 Å². The second kappa shape index (κ2) is 9.81. The summed E-state index contributed by atoms with van der Waals surface area (Å²) in [4.78, 5) is 14.4.